The van der Waals surface area contributed by atoms with Gasteiger partial charge in [-0.25, -0.2) is 19.2 Å². The van der Waals surface area contributed by atoms with Gasteiger partial charge in [0.05, 0.1) is 19.2 Å². The number of carbonyl (C=O) groups is 1. The molecule has 40 heavy (non-hydrogen) atoms. The van der Waals surface area contributed by atoms with Crippen molar-refractivity contribution in [3.05, 3.63) is 70.9 Å². The van der Waals surface area contributed by atoms with Crippen LogP contribution in [0.4, 0.5) is 4.39 Å². The first-order valence-corrected chi connectivity index (χ1v) is 13.5. The summed E-state index contributed by atoms with van der Waals surface area (Å²) in [5, 5.41) is 9.69. The Balaban J connectivity index is 1.09. The lowest BCUT2D eigenvalue weighted by Gasteiger charge is -2.32. The first kappa shape index (κ1) is 26.4. The van der Waals surface area contributed by atoms with Crippen molar-refractivity contribution in [2.75, 3.05) is 19.7 Å². The highest BCUT2D eigenvalue weighted by molar-refractivity contribution is 6.30. The third-order valence-electron chi connectivity index (χ3n) is 7.06. The molecule has 0 spiro atoms. The Kier molecular flexibility index (Phi) is 7.50. The van der Waals surface area contributed by atoms with Gasteiger partial charge < -0.3 is 23.9 Å². The summed E-state index contributed by atoms with van der Waals surface area (Å²) in [7, 11) is 0. The van der Waals surface area contributed by atoms with Gasteiger partial charge in [0.25, 0.3) is 0 Å². The van der Waals surface area contributed by atoms with Gasteiger partial charge in [-0.1, -0.05) is 17.7 Å². The molecule has 1 N–H and O–H groups in total. The fourth-order valence-electron chi connectivity index (χ4n) is 4.86. The number of fused-ring (bicyclic) bond motifs is 1. The topological polar surface area (TPSA) is 112 Å². The monoisotopic (exact) mass is 567 g/mol. The smallest absolute Gasteiger partial charge is 0.354 e. The number of carboxylic acid groups (broad SMARTS) is 1. The summed E-state index contributed by atoms with van der Waals surface area (Å²) >= 11 is 5.81. The van der Waals surface area contributed by atoms with Crippen molar-refractivity contribution in [1.82, 2.24) is 24.4 Å². The maximum absolute atomic E-state index is 14.1. The number of imidazole rings is 1. The van der Waals surface area contributed by atoms with E-state index in [4.69, 9.17) is 30.8 Å². The lowest BCUT2D eigenvalue weighted by molar-refractivity contribution is -0.0593. The lowest BCUT2D eigenvalue weighted by Crippen LogP contribution is -2.39. The van der Waals surface area contributed by atoms with Crippen molar-refractivity contribution in [2.24, 2.45) is 0 Å². The maximum Gasteiger partial charge on any atom is 0.354 e. The molecule has 12 heteroatoms. The van der Waals surface area contributed by atoms with Crippen LogP contribution in [0.1, 0.15) is 35.6 Å². The molecule has 2 aliphatic rings. The first-order valence-electron chi connectivity index (χ1n) is 13.1. The van der Waals surface area contributed by atoms with E-state index in [1.807, 2.05) is 4.57 Å². The summed E-state index contributed by atoms with van der Waals surface area (Å²) < 4.78 is 33.5. The molecular weight excluding hydrogens is 541 g/mol. The number of aromatic carboxylic acids is 1. The molecule has 0 amide bonds. The van der Waals surface area contributed by atoms with Crippen LogP contribution in [-0.2, 0) is 17.8 Å². The molecule has 10 nitrogen and oxygen atoms in total. The third kappa shape index (κ3) is 5.86. The van der Waals surface area contributed by atoms with Crippen LogP contribution in [0.2, 0.25) is 5.02 Å². The standard InChI is InChI=1S/C28H27ClFN5O5/c29-17-4-7-23(20(30)14-17)40-26-3-1-2-25(33-26)39-18-8-11-34(12-9-18)16-24-31-21-5-6-22(28(36)37)32-27(21)35(24)15-19-10-13-38-19/h1-7,14,18-19H,8-13,15-16H2,(H,36,37)/t19-/m0/s1. The zero-order chi connectivity index (χ0) is 27.6. The van der Waals surface area contributed by atoms with Crippen molar-refractivity contribution in [3.8, 4) is 17.5 Å². The second-order valence-electron chi connectivity index (χ2n) is 9.85. The first-order chi connectivity index (χ1) is 19.4. The van der Waals surface area contributed by atoms with Gasteiger partial charge >= 0.3 is 5.97 Å². The summed E-state index contributed by atoms with van der Waals surface area (Å²) in [5.74, 6) is -0.132. The van der Waals surface area contributed by atoms with Gasteiger partial charge in [-0.05, 0) is 49.6 Å². The number of rotatable bonds is 9. The average Bonchev–Trinajstić information content (AvgIpc) is 3.25. The summed E-state index contributed by atoms with van der Waals surface area (Å²) in [4.78, 5) is 27.3. The Morgan fingerprint density at radius 1 is 1.07 bits per heavy atom. The van der Waals surface area contributed by atoms with E-state index in [9.17, 15) is 14.3 Å². The highest BCUT2D eigenvalue weighted by Gasteiger charge is 2.26. The van der Waals surface area contributed by atoms with Crippen LogP contribution in [0.5, 0.6) is 17.5 Å². The van der Waals surface area contributed by atoms with Gasteiger partial charge in [0.1, 0.15) is 17.4 Å². The molecule has 4 aromatic rings. The molecule has 0 aliphatic carbocycles. The van der Waals surface area contributed by atoms with E-state index >= 15 is 0 Å². The molecule has 5 heterocycles. The number of hydrogen-bond donors (Lipinski definition) is 1. The molecule has 2 aliphatic heterocycles. The van der Waals surface area contributed by atoms with Crippen LogP contribution < -0.4 is 9.47 Å². The molecule has 1 aromatic carbocycles. The Labute approximate surface area is 234 Å². The lowest BCUT2D eigenvalue weighted by atomic mass is 10.1. The molecule has 2 fully saturated rings. The Hall–Kier alpha value is -3.80. The van der Waals surface area contributed by atoms with Crippen LogP contribution >= 0.6 is 11.6 Å². The van der Waals surface area contributed by atoms with E-state index in [1.54, 1.807) is 30.3 Å². The van der Waals surface area contributed by atoms with Crippen LogP contribution in [0.15, 0.2) is 48.5 Å². The number of ether oxygens (including phenoxy) is 3. The number of piperidine rings is 1. The third-order valence-corrected chi connectivity index (χ3v) is 7.30. The zero-order valence-electron chi connectivity index (χ0n) is 21.5. The SMILES string of the molecule is O=C(O)c1ccc2nc(CN3CCC(Oc4cccc(Oc5ccc(Cl)cc5F)n4)CC3)n(C[C@@H]3CCO3)c2n1. The van der Waals surface area contributed by atoms with Gasteiger partial charge in [0.2, 0.25) is 11.8 Å². The summed E-state index contributed by atoms with van der Waals surface area (Å²) in [6.45, 7) is 3.50. The summed E-state index contributed by atoms with van der Waals surface area (Å²) in [5.41, 5.74) is 1.23. The average molecular weight is 568 g/mol. The van der Waals surface area contributed by atoms with Gasteiger partial charge in [0.15, 0.2) is 22.9 Å². The maximum atomic E-state index is 14.1. The van der Waals surface area contributed by atoms with E-state index in [-0.39, 0.29) is 34.6 Å². The molecule has 2 saturated heterocycles. The van der Waals surface area contributed by atoms with E-state index in [1.165, 1.54) is 18.2 Å². The van der Waals surface area contributed by atoms with Crippen molar-refractivity contribution >= 4 is 28.7 Å². The second kappa shape index (κ2) is 11.4. The Bertz CT molecular complexity index is 1540. The largest absolute Gasteiger partial charge is 0.477 e. The minimum absolute atomic E-state index is 0.00549. The minimum atomic E-state index is -1.07. The predicted octanol–water partition coefficient (Wildman–Crippen LogP) is 4.94. The molecule has 3 aromatic heterocycles. The molecule has 208 valence electrons. The molecule has 0 radical (unpaired) electrons. The van der Waals surface area contributed by atoms with Crippen molar-refractivity contribution < 1.29 is 28.5 Å². The van der Waals surface area contributed by atoms with Crippen molar-refractivity contribution in [2.45, 2.75) is 44.6 Å². The molecule has 1 atom stereocenters. The summed E-state index contributed by atoms with van der Waals surface area (Å²) in [6, 6.07) is 12.5. The number of likely N-dealkylation sites (tertiary alicyclic amines) is 1. The molecule has 0 bridgehead atoms. The Morgan fingerprint density at radius 3 is 2.60 bits per heavy atom. The van der Waals surface area contributed by atoms with E-state index < -0.39 is 11.8 Å². The van der Waals surface area contributed by atoms with Crippen LogP contribution in [0, 0.1) is 5.82 Å². The molecule has 0 unspecified atom stereocenters. The number of hydrogen-bond acceptors (Lipinski definition) is 8. The fourth-order valence-corrected chi connectivity index (χ4v) is 5.02. The van der Waals surface area contributed by atoms with Gasteiger partial charge in [-0.15, -0.1) is 0 Å². The summed E-state index contributed by atoms with van der Waals surface area (Å²) in [6.07, 6.45) is 2.56. The fraction of sp³-hybridized carbons (Fsp3) is 0.357. The number of benzene rings is 1. The van der Waals surface area contributed by atoms with Crippen molar-refractivity contribution in [3.63, 3.8) is 0 Å². The Morgan fingerprint density at radius 2 is 1.88 bits per heavy atom. The second-order valence-corrected chi connectivity index (χ2v) is 10.3. The number of nitrogens with zero attached hydrogens (tertiary/aromatic N) is 5. The normalized spacial score (nSPS) is 18.0. The highest BCUT2D eigenvalue weighted by Crippen LogP contribution is 2.28. The molecule has 6 rings (SSSR count). The number of aromatic nitrogens is 4. The van der Waals surface area contributed by atoms with E-state index in [0.29, 0.717) is 30.1 Å². The van der Waals surface area contributed by atoms with Crippen LogP contribution in [0.25, 0.3) is 11.2 Å². The number of halogens is 2. The van der Waals surface area contributed by atoms with E-state index in [0.717, 1.165) is 44.8 Å². The van der Waals surface area contributed by atoms with E-state index in [2.05, 4.69) is 14.9 Å². The van der Waals surface area contributed by atoms with Crippen molar-refractivity contribution in [1.29, 1.82) is 0 Å². The zero-order valence-corrected chi connectivity index (χ0v) is 22.3. The van der Waals surface area contributed by atoms with Gasteiger partial charge in [-0.3, -0.25) is 4.90 Å². The minimum Gasteiger partial charge on any atom is -0.477 e. The number of pyridine rings is 2. The van der Waals surface area contributed by atoms with Crippen LogP contribution in [-0.4, -0.2) is 67.4 Å². The highest BCUT2D eigenvalue weighted by atomic mass is 35.5. The van der Waals surface area contributed by atoms with Crippen LogP contribution in [0.3, 0.4) is 0 Å². The molecule has 0 saturated carbocycles. The van der Waals surface area contributed by atoms with Gasteiger partial charge in [-0.2, -0.15) is 4.98 Å². The predicted molar refractivity (Wildman–Crippen MR) is 143 cm³/mol. The molecular formula is C28H27ClFN5O5. The number of carboxylic acids is 1. The van der Waals surface area contributed by atoms with Gasteiger partial charge in [0, 0.05) is 36.9 Å². The quantitative estimate of drug-likeness (QED) is 0.300.